The minimum atomic E-state index is -0.374. The van der Waals surface area contributed by atoms with Crippen LogP contribution in [0.25, 0.3) is 11.0 Å². The minimum Gasteiger partial charge on any atom is -0.481 e. The number of ether oxygens (including phenoxy) is 2. The Morgan fingerprint density at radius 2 is 2.05 bits per heavy atom. The predicted molar refractivity (Wildman–Crippen MR) is 148 cm³/mol. The first kappa shape index (κ1) is 25.3. The van der Waals surface area contributed by atoms with Crippen molar-refractivity contribution in [3.05, 3.63) is 62.3 Å². The van der Waals surface area contributed by atoms with Gasteiger partial charge in [-0.2, -0.15) is 5.10 Å². The van der Waals surface area contributed by atoms with Gasteiger partial charge in [0, 0.05) is 35.6 Å². The molecule has 13 heteroatoms. The lowest BCUT2D eigenvalue weighted by Crippen LogP contribution is -2.37. The monoisotopic (exact) mass is 571 g/mol. The van der Waals surface area contributed by atoms with Gasteiger partial charge in [-0.05, 0) is 44.4 Å². The Kier molecular flexibility index (Phi) is 7.06. The fourth-order valence-electron chi connectivity index (χ4n) is 4.61. The summed E-state index contributed by atoms with van der Waals surface area (Å²) in [6, 6.07) is 7.43. The lowest BCUT2D eigenvalue weighted by Gasteiger charge is -2.30. The second kappa shape index (κ2) is 10.6. The molecule has 0 bridgehead atoms. The zero-order valence-corrected chi connectivity index (χ0v) is 23.3. The van der Waals surface area contributed by atoms with Crippen molar-refractivity contribution in [2.24, 2.45) is 0 Å². The topological polar surface area (TPSA) is 88.3 Å². The second-order valence-electron chi connectivity index (χ2n) is 9.22. The van der Waals surface area contributed by atoms with Crippen LogP contribution in [0.1, 0.15) is 27.2 Å². The van der Waals surface area contributed by atoms with Gasteiger partial charge in [0.2, 0.25) is 4.96 Å². The molecule has 6 heterocycles. The van der Waals surface area contributed by atoms with Crippen LogP contribution < -0.4 is 9.64 Å². The van der Waals surface area contributed by atoms with E-state index < -0.39 is 0 Å². The molecule has 0 saturated carbocycles. The molecule has 1 atom stereocenters. The van der Waals surface area contributed by atoms with Gasteiger partial charge >= 0.3 is 0 Å². The van der Waals surface area contributed by atoms with Gasteiger partial charge in [0.25, 0.3) is 5.91 Å². The number of aromatic nitrogens is 4. The maximum Gasteiger partial charge on any atom is 0.265 e. The molecule has 2 aliphatic heterocycles. The summed E-state index contributed by atoms with van der Waals surface area (Å²) in [6.07, 6.45) is 3.63. The highest BCUT2D eigenvalue weighted by molar-refractivity contribution is 7.14. The van der Waals surface area contributed by atoms with Crippen LogP contribution in [-0.4, -0.2) is 82.3 Å². The number of anilines is 1. The molecule has 0 aliphatic carbocycles. The van der Waals surface area contributed by atoms with Crippen LogP contribution in [0.15, 0.2) is 36.0 Å². The molecule has 0 radical (unpaired) electrons. The van der Waals surface area contributed by atoms with Gasteiger partial charge in [-0.1, -0.05) is 22.9 Å². The summed E-state index contributed by atoms with van der Waals surface area (Å²) in [5.74, 6) is 0.923. The highest BCUT2D eigenvalue weighted by Crippen LogP contribution is 2.39. The smallest absolute Gasteiger partial charge is 0.265 e. The number of hydrogen-bond acceptors (Lipinski definition) is 10. The number of imidazole rings is 1. The number of fused-ring (bicyclic) bond motifs is 3. The van der Waals surface area contributed by atoms with E-state index in [0.717, 1.165) is 46.7 Å². The van der Waals surface area contributed by atoms with Gasteiger partial charge in [-0.15, -0.1) is 11.3 Å². The maximum atomic E-state index is 13.6. The van der Waals surface area contributed by atoms with Crippen LogP contribution in [0.4, 0.5) is 5.82 Å². The number of carbonyl (C=O) groups excluding carboxylic acids is 1. The number of hydrogen-bond donors (Lipinski definition) is 0. The normalized spacial score (nSPS) is 17.4. The number of morpholine rings is 1. The molecule has 1 saturated heterocycles. The highest BCUT2D eigenvalue weighted by Gasteiger charge is 2.35. The zero-order chi connectivity index (χ0) is 26.2. The van der Waals surface area contributed by atoms with Gasteiger partial charge in [-0.3, -0.25) is 4.79 Å². The molecule has 4 aromatic rings. The SMILES string of the molecule is CN(C)Cc1ccc(C2c3c(nc4scnn34)C=CN2C(=O)COc2ccc(N3CCOCC3)nc2Cl)s1. The van der Waals surface area contributed by atoms with E-state index in [2.05, 4.69) is 32.0 Å². The van der Waals surface area contributed by atoms with Gasteiger partial charge in [-0.25, -0.2) is 14.5 Å². The van der Waals surface area contributed by atoms with Crippen LogP contribution >= 0.6 is 34.3 Å². The van der Waals surface area contributed by atoms with Gasteiger partial charge < -0.3 is 24.2 Å². The molecule has 0 spiro atoms. The first-order valence-electron chi connectivity index (χ1n) is 12.1. The maximum absolute atomic E-state index is 13.6. The molecule has 38 heavy (non-hydrogen) atoms. The van der Waals surface area contributed by atoms with E-state index in [4.69, 9.17) is 26.1 Å². The van der Waals surface area contributed by atoms with Gasteiger partial charge in [0.15, 0.2) is 17.5 Å². The van der Waals surface area contributed by atoms with Gasteiger partial charge in [0.1, 0.15) is 17.4 Å². The van der Waals surface area contributed by atoms with E-state index in [-0.39, 0.29) is 23.7 Å². The van der Waals surface area contributed by atoms with E-state index >= 15 is 0 Å². The lowest BCUT2D eigenvalue weighted by molar-refractivity contribution is -0.132. The van der Waals surface area contributed by atoms with Crippen molar-refractivity contribution in [1.82, 2.24) is 29.4 Å². The van der Waals surface area contributed by atoms with E-state index in [1.54, 1.807) is 34.0 Å². The summed E-state index contributed by atoms with van der Waals surface area (Å²) in [5, 5.41) is 4.72. The summed E-state index contributed by atoms with van der Waals surface area (Å²) in [5.41, 5.74) is 3.44. The van der Waals surface area contributed by atoms with Crippen molar-refractivity contribution in [3.8, 4) is 5.75 Å². The first-order chi connectivity index (χ1) is 18.5. The predicted octanol–water partition coefficient (Wildman–Crippen LogP) is 3.78. The number of rotatable bonds is 7. The van der Waals surface area contributed by atoms with Crippen molar-refractivity contribution < 1.29 is 14.3 Å². The third kappa shape index (κ3) is 4.90. The van der Waals surface area contributed by atoms with E-state index in [1.165, 1.54) is 16.2 Å². The summed E-state index contributed by atoms with van der Waals surface area (Å²) >= 11 is 9.58. The summed E-state index contributed by atoms with van der Waals surface area (Å²) in [7, 11) is 4.08. The molecule has 10 nitrogen and oxygen atoms in total. The summed E-state index contributed by atoms with van der Waals surface area (Å²) in [4.78, 5) is 31.7. The Bertz CT molecular complexity index is 1490. The van der Waals surface area contributed by atoms with E-state index in [0.29, 0.717) is 19.0 Å². The van der Waals surface area contributed by atoms with Crippen molar-refractivity contribution in [2.45, 2.75) is 12.6 Å². The van der Waals surface area contributed by atoms with E-state index in [9.17, 15) is 4.79 Å². The quantitative estimate of drug-likeness (QED) is 0.310. The van der Waals surface area contributed by atoms with Crippen LogP contribution in [0.2, 0.25) is 5.15 Å². The molecule has 0 aromatic carbocycles. The largest absolute Gasteiger partial charge is 0.481 e. The van der Waals surface area contributed by atoms with Crippen LogP contribution in [-0.2, 0) is 16.1 Å². The fourth-order valence-corrected chi connectivity index (χ4v) is 6.68. The number of thiophene rings is 1. The average Bonchev–Trinajstić information content (AvgIpc) is 3.64. The number of carbonyl (C=O) groups is 1. The Morgan fingerprint density at radius 1 is 1.21 bits per heavy atom. The van der Waals surface area contributed by atoms with Crippen molar-refractivity contribution in [2.75, 3.05) is 51.9 Å². The number of pyridine rings is 1. The summed E-state index contributed by atoms with van der Waals surface area (Å²) in [6.45, 7) is 3.46. The Hall–Kier alpha value is -3.03. The Balaban J connectivity index is 1.24. The molecule has 1 fully saturated rings. The molecule has 2 aliphatic rings. The highest BCUT2D eigenvalue weighted by atomic mass is 35.5. The molecular formula is C25H26ClN7O3S2. The van der Waals surface area contributed by atoms with Crippen molar-refractivity contribution >= 4 is 57.0 Å². The number of halogens is 1. The lowest BCUT2D eigenvalue weighted by atomic mass is 10.0. The minimum absolute atomic E-state index is 0.191. The van der Waals surface area contributed by atoms with Crippen LogP contribution in [0, 0.1) is 0 Å². The molecule has 4 aromatic heterocycles. The molecule has 6 rings (SSSR count). The first-order valence-corrected chi connectivity index (χ1v) is 14.2. The van der Waals surface area contributed by atoms with E-state index in [1.807, 2.05) is 30.8 Å². The number of amides is 1. The Labute approximate surface area is 232 Å². The number of nitrogens with zero attached hydrogens (tertiary/aromatic N) is 7. The second-order valence-corrected chi connectivity index (χ2v) is 11.6. The van der Waals surface area contributed by atoms with Crippen LogP contribution in [0.3, 0.4) is 0 Å². The average molecular weight is 572 g/mol. The van der Waals surface area contributed by atoms with Gasteiger partial charge in [0.05, 0.1) is 24.6 Å². The standard InChI is InChI=1S/C25H26ClN7O3S2/c1-30(2)13-16-3-5-19(38-16)23-22-17(28-25-33(22)27-15-37-25)7-8-32(23)21(34)14-36-18-4-6-20(29-24(18)26)31-9-11-35-12-10-31/h3-8,15,23H,9-14H2,1-2H3. The fraction of sp³-hybridized carbons (Fsp3) is 0.360. The van der Waals surface area contributed by atoms with Crippen molar-refractivity contribution in [3.63, 3.8) is 0 Å². The molecule has 1 unspecified atom stereocenters. The zero-order valence-electron chi connectivity index (χ0n) is 20.9. The molecule has 198 valence electrons. The third-order valence-corrected chi connectivity index (χ3v) is 8.40. The Morgan fingerprint density at radius 3 is 2.84 bits per heavy atom. The third-order valence-electron chi connectivity index (χ3n) is 6.34. The molecule has 1 amide bonds. The molecular weight excluding hydrogens is 546 g/mol. The van der Waals surface area contributed by atoms with Crippen molar-refractivity contribution in [1.29, 1.82) is 0 Å². The molecule has 0 N–H and O–H groups in total. The summed E-state index contributed by atoms with van der Waals surface area (Å²) < 4.78 is 13.1. The van der Waals surface area contributed by atoms with Crippen LogP contribution in [0.5, 0.6) is 5.75 Å².